The zero-order chi connectivity index (χ0) is 57.4. The summed E-state index contributed by atoms with van der Waals surface area (Å²) in [6.07, 6.45) is 3.51. The van der Waals surface area contributed by atoms with E-state index in [4.69, 9.17) is 31.0 Å². The number of nitrogens with one attached hydrogen (secondary N) is 2. The number of ether oxygens (including phenoxy) is 2. The molecule has 2 aromatic heterocycles. The van der Waals surface area contributed by atoms with Gasteiger partial charge < -0.3 is 44.8 Å². The van der Waals surface area contributed by atoms with Crippen molar-refractivity contribution in [3.8, 4) is 22.5 Å². The Balaban J connectivity index is 0.755. The molecule has 3 N–H and O–H groups in total. The van der Waals surface area contributed by atoms with Crippen LogP contribution in [0.3, 0.4) is 0 Å². The topological polar surface area (TPSA) is 210 Å². The van der Waals surface area contributed by atoms with Gasteiger partial charge in [-0.15, -0.1) is 11.3 Å². The van der Waals surface area contributed by atoms with Gasteiger partial charge in [-0.2, -0.15) is 15.2 Å². The summed E-state index contributed by atoms with van der Waals surface area (Å²) in [4.78, 5) is 78.9. The first-order valence-corrected chi connectivity index (χ1v) is 29.3. The van der Waals surface area contributed by atoms with Gasteiger partial charge in [-0.25, -0.2) is 9.37 Å². The molecule has 5 atom stereocenters. The number of aliphatic hydroxyl groups excluding tert-OH is 1. The zero-order valence-electron chi connectivity index (χ0n) is 46.7. The minimum absolute atomic E-state index is 0.0119. The number of halogens is 2. The van der Waals surface area contributed by atoms with Crippen molar-refractivity contribution in [1.82, 2.24) is 40.3 Å². The van der Waals surface area contributed by atoms with Crippen molar-refractivity contribution in [2.75, 3.05) is 75.4 Å². The molecule has 0 spiro atoms. The number of carbonyl (C=O) groups is 4. The van der Waals surface area contributed by atoms with Crippen LogP contribution in [0.15, 0.2) is 78.6 Å². The second-order valence-electron chi connectivity index (χ2n) is 22.6. The number of benzene rings is 3. The molecule has 81 heavy (non-hydrogen) atoms. The standard InChI is InChI=1S/C60H73ClFN11O7S/c1-38(62)57(77)72-28-27-71(33-43(72)20-23-63)55-46-21-26-70(49-15-9-12-41-11-8-14-47(61)52(41)49)35-48(46)66-59(68-55)80-36-44-13-10-25-69(44)24-6-7-29-79-30-22-51(75)67-54(60(3,4)5)58(78)73-34-45(74)31-50(73)56(76)64-32-40-16-18-42(19-17-40)53-39(2)65-37-81-53/h8-9,11-12,14-19,37,43-45,50,54,74H,1,6-7,10,13,20-22,24-36H2,2-5H3,(H,64,76)(H,67,75)/t43-,44-,45+,50-,54+/m0/s1. The molecule has 21 heteroatoms. The number of unbranched alkanes of at least 4 members (excludes halogenated alkanes) is 1. The Morgan fingerprint density at radius 2 is 1.77 bits per heavy atom. The maximum absolute atomic E-state index is 14.2. The van der Waals surface area contributed by atoms with Crippen LogP contribution < -0.4 is 25.2 Å². The molecule has 9 rings (SSSR count). The van der Waals surface area contributed by atoms with E-state index >= 15 is 0 Å². The number of hydrogen-bond donors (Lipinski definition) is 3. The van der Waals surface area contributed by atoms with Crippen molar-refractivity contribution < 1.29 is 38.1 Å². The third-order valence-corrected chi connectivity index (χ3v) is 17.2. The van der Waals surface area contributed by atoms with Gasteiger partial charge in [0.2, 0.25) is 17.7 Å². The number of hydrogen-bond acceptors (Lipinski definition) is 15. The molecular formula is C60H73ClFN11O7S. The number of nitriles is 1. The van der Waals surface area contributed by atoms with Crippen molar-refractivity contribution in [1.29, 1.82) is 5.26 Å². The molecule has 6 heterocycles. The highest BCUT2D eigenvalue weighted by Gasteiger charge is 2.45. The Morgan fingerprint density at radius 3 is 2.51 bits per heavy atom. The number of likely N-dealkylation sites (tertiary alicyclic amines) is 2. The molecule has 0 unspecified atom stereocenters. The van der Waals surface area contributed by atoms with Gasteiger partial charge in [-0.3, -0.25) is 24.1 Å². The summed E-state index contributed by atoms with van der Waals surface area (Å²) in [6.45, 7) is 15.8. The highest BCUT2D eigenvalue weighted by atomic mass is 35.5. The fraction of sp³-hybridized carbons (Fsp3) is 0.500. The summed E-state index contributed by atoms with van der Waals surface area (Å²) in [5, 5.41) is 28.9. The second kappa shape index (κ2) is 26.4. The Morgan fingerprint density at radius 1 is 0.975 bits per heavy atom. The number of anilines is 2. The molecule has 5 aromatic rings. The number of aryl methyl sites for hydroxylation is 1. The lowest BCUT2D eigenvalue weighted by molar-refractivity contribution is -0.144. The molecule has 4 amide bonds. The van der Waals surface area contributed by atoms with E-state index in [1.165, 1.54) is 9.80 Å². The predicted molar refractivity (Wildman–Crippen MR) is 310 cm³/mol. The summed E-state index contributed by atoms with van der Waals surface area (Å²) in [6, 6.07) is 20.1. The lowest BCUT2D eigenvalue weighted by Gasteiger charge is -2.42. The normalized spacial score (nSPS) is 19.8. The van der Waals surface area contributed by atoms with Crippen molar-refractivity contribution in [2.45, 2.75) is 122 Å². The number of thiazole rings is 1. The average molecular weight is 1150 g/mol. The van der Waals surface area contributed by atoms with Gasteiger partial charge in [0, 0.05) is 81.4 Å². The molecule has 3 fully saturated rings. The average Bonchev–Trinajstić information content (AvgIpc) is 4.39. The SMILES string of the molecule is C=C(F)C(=O)N1CCN(c2nc(OC[C@@H]3CCCN3CCCCOCCC(=O)N[C@H](C(=O)N3C[C@H](O)C[C@H]3C(=O)NCc3ccc(-c4scnc4C)cc3)C(C)(C)C)nc3c2CCN(c2cccc4cccc(Cl)c24)C3)C[C@@H]1CC#N. The fourth-order valence-electron chi connectivity index (χ4n) is 11.6. The van der Waals surface area contributed by atoms with Crippen molar-refractivity contribution >= 4 is 68.8 Å². The summed E-state index contributed by atoms with van der Waals surface area (Å²) < 4.78 is 26.6. The number of β-amino-alcohol motifs (C(OH)–C–C–N with tert-alkyl or cyclic N) is 1. The maximum Gasteiger partial charge on any atom is 0.318 e. The number of piperazine rings is 1. The van der Waals surface area contributed by atoms with E-state index in [1.807, 2.05) is 87.8 Å². The summed E-state index contributed by atoms with van der Waals surface area (Å²) in [5.74, 6) is -2.29. The van der Waals surface area contributed by atoms with E-state index in [1.54, 1.807) is 11.3 Å². The summed E-state index contributed by atoms with van der Waals surface area (Å²) in [7, 11) is 0. The van der Waals surface area contributed by atoms with E-state index in [2.05, 4.69) is 49.0 Å². The van der Waals surface area contributed by atoms with Gasteiger partial charge in [0.05, 0.1) is 64.6 Å². The number of fused-ring (bicyclic) bond motifs is 2. The molecule has 0 aliphatic carbocycles. The number of carbonyl (C=O) groups excluding carboxylic acids is 4. The van der Waals surface area contributed by atoms with Crippen molar-refractivity contribution in [2.24, 2.45) is 5.41 Å². The van der Waals surface area contributed by atoms with Gasteiger partial charge in [0.15, 0.2) is 5.83 Å². The van der Waals surface area contributed by atoms with E-state index in [0.717, 1.165) is 88.2 Å². The van der Waals surface area contributed by atoms with Crippen molar-refractivity contribution in [3.05, 3.63) is 106 Å². The second-order valence-corrected chi connectivity index (χ2v) is 23.8. The van der Waals surface area contributed by atoms with Crippen LogP contribution in [0, 0.1) is 23.7 Å². The van der Waals surface area contributed by atoms with Gasteiger partial charge >= 0.3 is 6.01 Å². The number of rotatable bonds is 21. The number of aliphatic hydroxyl groups is 1. The van der Waals surface area contributed by atoms with Gasteiger partial charge in [0.25, 0.3) is 5.91 Å². The highest BCUT2D eigenvalue weighted by Crippen LogP contribution is 2.38. The van der Waals surface area contributed by atoms with E-state index in [9.17, 15) is 33.9 Å². The molecule has 430 valence electrons. The van der Waals surface area contributed by atoms with Crippen LogP contribution in [0.5, 0.6) is 6.01 Å². The largest absolute Gasteiger partial charge is 0.462 e. The number of amides is 4. The molecular weight excluding hydrogens is 1070 g/mol. The van der Waals surface area contributed by atoms with Crippen LogP contribution in [0.2, 0.25) is 5.02 Å². The molecule has 0 bridgehead atoms. The van der Waals surface area contributed by atoms with E-state index in [-0.39, 0.29) is 75.9 Å². The lowest BCUT2D eigenvalue weighted by Crippen LogP contribution is -2.57. The lowest BCUT2D eigenvalue weighted by atomic mass is 9.85. The van der Waals surface area contributed by atoms with Crippen LogP contribution in [-0.4, -0.2) is 154 Å². The van der Waals surface area contributed by atoms with Gasteiger partial charge in [0.1, 0.15) is 24.5 Å². The van der Waals surface area contributed by atoms with E-state index in [0.29, 0.717) is 50.1 Å². The number of nitrogens with zero attached hydrogens (tertiary/aromatic N) is 9. The minimum atomic E-state index is -1.05. The molecule has 4 aliphatic rings. The summed E-state index contributed by atoms with van der Waals surface area (Å²) in [5.41, 5.74) is 6.82. The molecule has 4 aliphatic heterocycles. The van der Waals surface area contributed by atoms with Gasteiger partial charge in [-0.1, -0.05) is 87.5 Å². The van der Waals surface area contributed by atoms with Crippen LogP contribution in [0.25, 0.3) is 21.2 Å². The predicted octanol–water partition coefficient (Wildman–Crippen LogP) is 7.53. The fourth-order valence-corrected chi connectivity index (χ4v) is 12.6. The zero-order valence-corrected chi connectivity index (χ0v) is 48.2. The Labute approximate surface area is 482 Å². The van der Waals surface area contributed by atoms with E-state index < -0.39 is 47.3 Å². The molecule has 0 saturated carbocycles. The maximum atomic E-state index is 14.2. The highest BCUT2D eigenvalue weighted by molar-refractivity contribution is 7.13. The first-order chi connectivity index (χ1) is 39.0. The van der Waals surface area contributed by atoms with Crippen molar-refractivity contribution in [3.63, 3.8) is 0 Å². The third kappa shape index (κ3) is 14.1. The first kappa shape index (κ1) is 58.9. The third-order valence-electron chi connectivity index (χ3n) is 15.9. The van der Waals surface area contributed by atoms with Crippen LogP contribution in [0.4, 0.5) is 15.9 Å². The smallest absolute Gasteiger partial charge is 0.318 e. The quantitative estimate of drug-likeness (QED) is 0.0480. The van der Waals surface area contributed by atoms with Crippen LogP contribution in [0.1, 0.15) is 88.2 Å². The Bertz CT molecular complexity index is 3130. The Hall–Kier alpha value is -6.76. The minimum Gasteiger partial charge on any atom is -0.462 e. The monoisotopic (exact) mass is 1150 g/mol. The first-order valence-electron chi connectivity index (χ1n) is 28.1. The number of aromatic nitrogens is 3. The molecule has 3 aromatic carbocycles. The molecule has 3 saturated heterocycles. The summed E-state index contributed by atoms with van der Waals surface area (Å²) >= 11 is 8.37. The Kier molecular flexibility index (Phi) is 19.2. The van der Waals surface area contributed by atoms with Gasteiger partial charge in [-0.05, 0) is 86.2 Å². The molecule has 0 radical (unpaired) electrons. The van der Waals surface area contributed by atoms with Crippen LogP contribution >= 0.6 is 22.9 Å². The van der Waals surface area contributed by atoms with Crippen LogP contribution in [-0.2, 0) is 43.4 Å². The molecule has 18 nitrogen and oxygen atoms in total.